The van der Waals surface area contributed by atoms with Crippen LogP contribution in [0.25, 0.3) is 65.7 Å². The first-order valence-electron chi connectivity index (χ1n) is 16.9. The molecule has 49 heavy (non-hydrogen) atoms. The summed E-state index contributed by atoms with van der Waals surface area (Å²) in [5.41, 5.74) is 10.7. The second-order valence-electron chi connectivity index (χ2n) is 12.5. The van der Waals surface area contributed by atoms with Gasteiger partial charge in [0.1, 0.15) is 0 Å². The van der Waals surface area contributed by atoms with Gasteiger partial charge in [0.15, 0.2) is 0 Å². The van der Waals surface area contributed by atoms with Crippen molar-refractivity contribution in [2.75, 3.05) is 4.90 Å². The molecule has 0 spiro atoms. The van der Waals surface area contributed by atoms with Crippen LogP contribution in [0.5, 0.6) is 0 Å². The summed E-state index contributed by atoms with van der Waals surface area (Å²) >= 11 is 0. The van der Waals surface area contributed by atoms with Gasteiger partial charge in [0.2, 0.25) is 0 Å². The first-order valence-corrected chi connectivity index (χ1v) is 16.9. The third-order valence-corrected chi connectivity index (χ3v) is 9.68. The molecule has 0 atom stereocenters. The minimum absolute atomic E-state index is 1.11. The van der Waals surface area contributed by atoms with Crippen molar-refractivity contribution in [3.63, 3.8) is 0 Å². The largest absolute Gasteiger partial charge is 0.310 e. The van der Waals surface area contributed by atoms with Crippen LogP contribution in [0, 0.1) is 0 Å². The fourth-order valence-electron chi connectivity index (χ4n) is 7.31. The van der Waals surface area contributed by atoms with Gasteiger partial charge in [-0.3, -0.25) is 0 Å². The Morgan fingerprint density at radius 2 is 0.653 bits per heavy atom. The van der Waals surface area contributed by atoms with Crippen LogP contribution in [0.3, 0.4) is 0 Å². The summed E-state index contributed by atoms with van der Waals surface area (Å²) in [6, 6.07) is 72.4. The molecule has 0 saturated carbocycles. The lowest BCUT2D eigenvalue weighted by molar-refractivity contribution is 1.30. The zero-order chi connectivity index (χ0) is 32.6. The van der Waals surface area contributed by atoms with E-state index in [9.17, 15) is 0 Å². The van der Waals surface area contributed by atoms with Crippen LogP contribution >= 0.6 is 0 Å². The van der Waals surface area contributed by atoms with E-state index in [0.717, 1.165) is 17.1 Å². The molecule has 0 aliphatic heterocycles. The highest BCUT2D eigenvalue weighted by Gasteiger charge is 2.18. The molecular weight excluding hydrogens is 591 g/mol. The molecule has 9 aromatic carbocycles. The van der Waals surface area contributed by atoms with Gasteiger partial charge in [-0.1, -0.05) is 170 Å². The lowest BCUT2D eigenvalue weighted by Crippen LogP contribution is -2.10. The van der Waals surface area contributed by atoms with Gasteiger partial charge in [-0.25, -0.2) is 0 Å². The Bertz CT molecular complexity index is 2450. The predicted molar refractivity (Wildman–Crippen MR) is 210 cm³/mol. The molecule has 0 amide bonds. The van der Waals surface area contributed by atoms with Crippen molar-refractivity contribution in [2.24, 2.45) is 0 Å². The van der Waals surface area contributed by atoms with E-state index in [1.54, 1.807) is 0 Å². The first-order chi connectivity index (χ1) is 24.3. The normalized spacial score (nSPS) is 11.3. The number of nitrogens with zero attached hydrogens (tertiary/aromatic N) is 1. The van der Waals surface area contributed by atoms with Gasteiger partial charge in [-0.15, -0.1) is 0 Å². The minimum atomic E-state index is 1.11. The van der Waals surface area contributed by atoms with Gasteiger partial charge in [0.05, 0.1) is 5.69 Å². The summed E-state index contributed by atoms with van der Waals surface area (Å²) in [5.74, 6) is 0. The van der Waals surface area contributed by atoms with Crippen molar-refractivity contribution in [2.45, 2.75) is 0 Å². The van der Waals surface area contributed by atoms with Crippen molar-refractivity contribution in [3.8, 4) is 33.4 Å². The maximum absolute atomic E-state index is 2.40. The topological polar surface area (TPSA) is 3.24 Å². The van der Waals surface area contributed by atoms with E-state index < -0.39 is 0 Å². The smallest absolute Gasteiger partial charge is 0.0540 e. The Balaban J connectivity index is 1.20. The SMILES string of the molecule is c1ccc(-c2ccc(N(c3ccc(-c4cccc5ccccc45)cc3)c3ccc(-c4cccc5ccccc45)cc3)c3ccccc23)cc1. The maximum Gasteiger partial charge on any atom is 0.0540 e. The molecule has 0 fully saturated rings. The van der Waals surface area contributed by atoms with E-state index in [1.807, 2.05) is 0 Å². The summed E-state index contributed by atoms with van der Waals surface area (Å²) in [6.07, 6.45) is 0. The van der Waals surface area contributed by atoms with Crippen LogP contribution in [-0.4, -0.2) is 0 Å². The van der Waals surface area contributed by atoms with E-state index in [0.29, 0.717) is 0 Å². The lowest BCUT2D eigenvalue weighted by atomic mass is 9.95. The fraction of sp³-hybridized carbons (Fsp3) is 0. The highest BCUT2D eigenvalue weighted by molar-refractivity contribution is 6.06. The molecule has 1 heteroatoms. The number of anilines is 3. The summed E-state index contributed by atoms with van der Waals surface area (Å²) in [7, 11) is 0. The molecular formula is C48H33N. The van der Waals surface area contributed by atoms with E-state index in [-0.39, 0.29) is 0 Å². The average Bonchev–Trinajstić information content (AvgIpc) is 3.18. The lowest BCUT2D eigenvalue weighted by Gasteiger charge is -2.28. The van der Waals surface area contributed by atoms with Crippen LogP contribution in [0.2, 0.25) is 0 Å². The van der Waals surface area contributed by atoms with E-state index in [4.69, 9.17) is 0 Å². The molecule has 0 aliphatic rings. The third-order valence-electron chi connectivity index (χ3n) is 9.68. The summed E-state index contributed by atoms with van der Waals surface area (Å²) in [5, 5.41) is 7.47. The van der Waals surface area contributed by atoms with E-state index in [2.05, 4.69) is 205 Å². The number of hydrogen-bond donors (Lipinski definition) is 0. The number of hydrogen-bond acceptors (Lipinski definition) is 1. The summed E-state index contributed by atoms with van der Waals surface area (Å²) < 4.78 is 0. The third kappa shape index (κ3) is 5.23. The number of benzene rings is 9. The van der Waals surface area contributed by atoms with Crippen LogP contribution in [0.15, 0.2) is 200 Å². The summed E-state index contributed by atoms with van der Waals surface area (Å²) in [6.45, 7) is 0. The summed E-state index contributed by atoms with van der Waals surface area (Å²) in [4.78, 5) is 2.40. The monoisotopic (exact) mass is 623 g/mol. The van der Waals surface area contributed by atoms with E-state index in [1.165, 1.54) is 65.7 Å². The molecule has 0 saturated heterocycles. The average molecular weight is 624 g/mol. The van der Waals surface area contributed by atoms with E-state index >= 15 is 0 Å². The van der Waals surface area contributed by atoms with Crippen LogP contribution in [-0.2, 0) is 0 Å². The van der Waals surface area contributed by atoms with Crippen molar-refractivity contribution < 1.29 is 0 Å². The Labute approximate surface area is 287 Å². The van der Waals surface area contributed by atoms with Crippen molar-refractivity contribution in [3.05, 3.63) is 200 Å². The Hall–Kier alpha value is -6.44. The number of fused-ring (bicyclic) bond motifs is 3. The fourth-order valence-corrected chi connectivity index (χ4v) is 7.31. The van der Waals surface area contributed by atoms with Crippen LogP contribution in [0.1, 0.15) is 0 Å². The second kappa shape index (κ2) is 12.3. The molecule has 0 aliphatic carbocycles. The van der Waals surface area contributed by atoms with Gasteiger partial charge >= 0.3 is 0 Å². The van der Waals surface area contributed by atoms with Gasteiger partial charge < -0.3 is 4.90 Å². The van der Waals surface area contributed by atoms with Gasteiger partial charge in [-0.05, 0) is 90.6 Å². The van der Waals surface area contributed by atoms with Gasteiger partial charge in [0.25, 0.3) is 0 Å². The molecule has 0 N–H and O–H groups in total. The molecule has 230 valence electrons. The molecule has 1 nitrogen and oxygen atoms in total. The Morgan fingerprint density at radius 1 is 0.245 bits per heavy atom. The number of rotatable bonds is 6. The van der Waals surface area contributed by atoms with Gasteiger partial charge in [0, 0.05) is 16.8 Å². The predicted octanol–water partition coefficient (Wildman–Crippen LogP) is 13.6. The Kier molecular flexibility index (Phi) is 7.22. The van der Waals surface area contributed by atoms with Crippen molar-refractivity contribution >= 4 is 49.4 Å². The zero-order valence-electron chi connectivity index (χ0n) is 27.0. The van der Waals surface area contributed by atoms with Crippen LogP contribution < -0.4 is 4.90 Å². The molecule has 0 radical (unpaired) electrons. The van der Waals surface area contributed by atoms with Gasteiger partial charge in [-0.2, -0.15) is 0 Å². The Morgan fingerprint density at radius 3 is 1.20 bits per heavy atom. The molecule has 0 heterocycles. The van der Waals surface area contributed by atoms with Crippen molar-refractivity contribution in [1.29, 1.82) is 0 Å². The maximum atomic E-state index is 2.40. The highest BCUT2D eigenvalue weighted by Crippen LogP contribution is 2.43. The quantitative estimate of drug-likeness (QED) is 0.178. The van der Waals surface area contributed by atoms with Crippen LogP contribution in [0.4, 0.5) is 17.1 Å². The molecule has 0 unspecified atom stereocenters. The molecule has 9 rings (SSSR count). The molecule has 0 bridgehead atoms. The zero-order valence-corrected chi connectivity index (χ0v) is 27.0. The standard InChI is InChI=1S/C48H33N/c1-2-12-34(13-3-1)45-32-33-48(47-21-9-8-20-46(45)47)49(39-28-24-37(25-29-39)43-22-10-16-35-14-4-6-18-41(35)43)40-30-26-38(27-31-40)44-23-11-17-36-15-5-7-19-42(36)44/h1-33H. The molecule has 9 aromatic rings. The minimum Gasteiger partial charge on any atom is -0.310 e. The highest BCUT2D eigenvalue weighted by atomic mass is 15.1. The molecule has 0 aromatic heterocycles. The first kappa shape index (κ1) is 28.8. The second-order valence-corrected chi connectivity index (χ2v) is 12.5. The van der Waals surface area contributed by atoms with Crippen molar-refractivity contribution in [1.82, 2.24) is 0 Å².